The second kappa shape index (κ2) is 4.45. The van der Waals surface area contributed by atoms with Gasteiger partial charge in [-0.25, -0.2) is 0 Å². The molecular formula is C9H18N2O. The van der Waals surface area contributed by atoms with Gasteiger partial charge in [0.25, 0.3) is 0 Å². The molecule has 1 heterocycles. The predicted octanol–water partition coefficient (Wildman–Crippen LogP) is 0.640. The third kappa shape index (κ3) is 2.48. The number of carbonyl (C=O) groups excluding carboxylic acids is 1. The van der Waals surface area contributed by atoms with Crippen molar-refractivity contribution >= 4 is 5.91 Å². The predicted molar refractivity (Wildman–Crippen MR) is 48.6 cm³/mol. The fourth-order valence-corrected chi connectivity index (χ4v) is 1.83. The van der Waals surface area contributed by atoms with Crippen LogP contribution in [0.15, 0.2) is 0 Å². The van der Waals surface area contributed by atoms with Crippen LogP contribution in [0.1, 0.15) is 32.6 Å². The first-order valence-electron chi connectivity index (χ1n) is 4.76. The van der Waals surface area contributed by atoms with Gasteiger partial charge in [0.05, 0.1) is 0 Å². The summed E-state index contributed by atoms with van der Waals surface area (Å²) in [4.78, 5) is 10.9. The van der Waals surface area contributed by atoms with Crippen molar-refractivity contribution in [1.82, 2.24) is 5.32 Å². The van der Waals surface area contributed by atoms with Crippen LogP contribution in [-0.2, 0) is 4.79 Å². The summed E-state index contributed by atoms with van der Waals surface area (Å²) in [5.41, 5.74) is 5.26. The monoisotopic (exact) mass is 170 g/mol. The van der Waals surface area contributed by atoms with Gasteiger partial charge in [-0.1, -0.05) is 13.3 Å². The summed E-state index contributed by atoms with van der Waals surface area (Å²) < 4.78 is 0. The topological polar surface area (TPSA) is 55.1 Å². The third-order valence-electron chi connectivity index (χ3n) is 2.53. The van der Waals surface area contributed by atoms with Gasteiger partial charge in [-0.3, -0.25) is 4.79 Å². The Morgan fingerprint density at radius 2 is 2.42 bits per heavy atom. The molecule has 1 fully saturated rings. The van der Waals surface area contributed by atoms with E-state index in [4.69, 9.17) is 5.73 Å². The molecule has 0 spiro atoms. The maximum Gasteiger partial charge on any atom is 0.220 e. The smallest absolute Gasteiger partial charge is 0.220 e. The molecule has 2 atom stereocenters. The lowest BCUT2D eigenvalue weighted by atomic mass is 9.90. The maximum atomic E-state index is 10.9. The number of rotatable bonds is 3. The molecule has 0 aromatic carbocycles. The van der Waals surface area contributed by atoms with Gasteiger partial charge in [0.1, 0.15) is 0 Å². The van der Waals surface area contributed by atoms with Gasteiger partial charge in [0.2, 0.25) is 5.91 Å². The molecular weight excluding hydrogens is 152 g/mol. The maximum absolute atomic E-state index is 10.9. The Morgan fingerprint density at radius 3 is 3.00 bits per heavy atom. The molecule has 1 rings (SSSR count). The summed E-state index contributed by atoms with van der Waals surface area (Å²) in [6.07, 6.45) is 4.17. The van der Waals surface area contributed by atoms with Crippen molar-refractivity contribution < 1.29 is 4.79 Å². The number of hydrogen-bond acceptors (Lipinski definition) is 2. The number of piperidine rings is 1. The SMILES string of the molecule is CCCC1CC(C(N)=O)CCN1. The van der Waals surface area contributed by atoms with E-state index in [2.05, 4.69) is 12.2 Å². The highest BCUT2D eigenvalue weighted by atomic mass is 16.1. The van der Waals surface area contributed by atoms with E-state index in [0.717, 1.165) is 25.8 Å². The fraction of sp³-hybridized carbons (Fsp3) is 0.889. The van der Waals surface area contributed by atoms with Gasteiger partial charge in [0.15, 0.2) is 0 Å². The number of carbonyl (C=O) groups is 1. The van der Waals surface area contributed by atoms with Gasteiger partial charge in [-0.2, -0.15) is 0 Å². The van der Waals surface area contributed by atoms with Crippen LogP contribution in [-0.4, -0.2) is 18.5 Å². The molecule has 3 N–H and O–H groups in total. The molecule has 0 bridgehead atoms. The van der Waals surface area contributed by atoms with Crippen molar-refractivity contribution in [3.63, 3.8) is 0 Å². The quantitative estimate of drug-likeness (QED) is 0.653. The highest BCUT2D eigenvalue weighted by molar-refractivity contribution is 5.76. The van der Waals surface area contributed by atoms with Crippen LogP contribution in [0.5, 0.6) is 0 Å². The Morgan fingerprint density at radius 1 is 1.67 bits per heavy atom. The lowest BCUT2D eigenvalue weighted by Gasteiger charge is -2.28. The number of nitrogens with two attached hydrogens (primary N) is 1. The number of amides is 1. The van der Waals surface area contributed by atoms with E-state index in [-0.39, 0.29) is 11.8 Å². The summed E-state index contributed by atoms with van der Waals surface area (Å²) in [5.74, 6) is -0.0135. The van der Waals surface area contributed by atoms with Crippen LogP contribution >= 0.6 is 0 Å². The van der Waals surface area contributed by atoms with E-state index < -0.39 is 0 Å². The average molecular weight is 170 g/mol. The van der Waals surface area contributed by atoms with Crippen LogP contribution in [0.4, 0.5) is 0 Å². The molecule has 0 aliphatic carbocycles. The van der Waals surface area contributed by atoms with Gasteiger partial charge >= 0.3 is 0 Å². The molecule has 3 nitrogen and oxygen atoms in total. The standard InChI is InChI=1S/C9H18N2O/c1-2-3-8-6-7(9(10)12)4-5-11-8/h7-8,11H,2-6H2,1H3,(H2,10,12). The number of primary amides is 1. The molecule has 1 saturated heterocycles. The molecule has 0 aromatic heterocycles. The molecule has 1 aliphatic heterocycles. The van der Waals surface area contributed by atoms with Gasteiger partial charge in [-0.15, -0.1) is 0 Å². The van der Waals surface area contributed by atoms with Crippen LogP contribution in [0.25, 0.3) is 0 Å². The zero-order chi connectivity index (χ0) is 8.97. The molecule has 0 saturated carbocycles. The summed E-state index contributed by atoms with van der Waals surface area (Å²) in [5, 5.41) is 3.40. The van der Waals surface area contributed by atoms with Crippen LogP contribution in [0.2, 0.25) is 0 Å². The molecule has 1 amide bonds. The fourth-order valence-electron chi connectivity index (χ4n) is 1.83. The van der Waals surface area contributed by atoms with Gasteiger partial charge < -0.3 is 11.1 Å². The Bertz CT molecular complexity index is 157. The van der Waals surface area contributed by atoms with Gasteiger partial charge in [0, 0.05) is 12.0 Å². The van der Waals surface area contributed by atoms with Crippen LogP contribution in [0, 0.1) is 5.92 Å². The lowest BCUT2D eigenvalue weighted by molar-refractivity contribution is -0.122. The molecule has 2 unspecified atom stereocenters. The minimum Gasteiger partial charge on any atom is -0.369 e. The molecule has 1 aliphatic rings. The first-order chi connectivity index (χ1) is 5.74. The number of nitrogens with one attached hydrogen (secondary N) is 1. The van der Waals surface area contributed by atoms with E-state index in [9.17, 15) is 4.79 Å². The van der Waals surface area contributed by atoms with E-state index in [1.165, 1.54) is 6.42 Å². The van der Waals surface area contributed by atoms with E-state index in [1.54, 1.807) is 0 Å². The zero-order valence-corrected chi connectivity index (χ0v) is 7.68. The van der Waals surface area contributed by atoms with Crippen molar-refractivity contribution in [2.24, 2.45) is 11.7 Å². The molecule has 0 aromatic rings. The van der Waals surface area contributed by atoms with Crippen molar-refractivity contribution in [3.8, 4) is 0 Å². The molecule has 12 heavy (non-hydrogen) atoms. The minimum atomic E-state index is -0.127. The third-order valence-corrected chi connectivity index (χ3v) is 2.53. The Hall–Kier alpha value is -0.570. The molecule has 0 radical (unpaired) electrons. The van der Waals surface area contributed by atoms with E-state index in [1.807, 2.05) is 0 Å². The van der Waals surface area contributed by atoms with Crippen LogP contribution in [0.3, 0.4) is 0 Å². The first kappa shape index (κ1) is 9.52. The van der Waals surface area contributed by atoms with E-state index in [0.29, 0.717) is 6.04 Å². The van der Waals surface area contributed by atoms with Crippen molar-refractivity contribution in [2.75, 3.05) is 6.54 Å². The first-order valence-corrected chi connectivity index (χ1v) is 4.76. The number of hydrogen-bond donors (Lipinski definition) is 2. The minimum absolute atomic E-state index is 0.114. The van der Waals surface area contributed by atoms with Crippen molar-refractivity contribution in [2.45, 2.75) is 38.6 Å². The highest BCUT2D eigenvalue weighted by Gasteiger charge is 2.24. The lowest BCUT2D eigenvalue weighted by Crippen LogP contribution is -2.42. The van der Waals surface area contributed by atoms with Crippen LogP contribution < -0.4 is 11.1 Å². The normalized spacial score (nSPS) is 30.1. The molecule has 3 heteroatoms. The summed E-state index contributed by atoms with van der Waals surface area (Å²) in [6.45, 7) is 3.10. The molecule has 70 valence electrons. The average Bonchev–Trinajstić information content (AvgIpc) is 2.05. The van der Waals surface area contributed by atoms with Gasteiger partial charge in [-0.05, 0) is 25.8 Å². The summed E-state index contributed by atoms with van der Waals surface area (Å²) >= 11 is 0. The highest BCUT2D eigenvalue weighted by Crippen LogP contribution is 2.18. The van der Waals surface area contributed by atoms with E-state index >= 15 is 0 Å². The van der Waals surface area contributed by atoms with Crippen molar-refractivity contribution in [3.05, 3.63) is 0 Å². The van der Waals surface area contributed by atoms with Crippen molar-refractivity contribution in [1.29, 1.82) is 0 Å². The Labute approximate surface area is 73.7 Å². The largest absolute Gasteiger partial charge is 0.369 e. The summed E-state index contributed by atoms with van der Waals surface area (Å²) in [6, 6.07) is 0.515. The second-order valence-electron chi connectivity index (χ2n) is 3.56. The second-order valence-corrected chi connectivity index (χ2v) is 3.56. The zero-order valence-electron chi connectivity index (χ0n) is 7.68. The Kier molecular flexibility index (Phi) is 3.53. The summed E-state index contributed by atoms with van der Waals surface area (Å²) in [7, 11) is 0. The Balaban J connectivity index is 2.35.